The molecule has 0 bridgehead atoms. The maximum atomic E-state index is 12.3. The third-order valence-electron chi connectivity index (χ3n) is 4.38. The molecule has 0 saturated carbocycles. The van der Waals surface area contributed by atoms with Gasteiger partial charge in [0.1, 0.15) is 0 Å². The van der Waals surface area contributed by atoms with Crippen molar-refractivity contribution in [2.75, 3.05) is 11.9 Å². The highest BCUT2D eigenvalue weighted by Crippen LogP contribution is 2.23. The lowest BCUT2D eigenvalue weighted by molar-refractivity contribution is -0.129. The third-order valence-corrected chi connectivity index (χ3v) is 4.63. The van der Waals surface area contributed by atoms with Crippen molar-refractivity contribution in [3.05, 3.63) is 64.7 Å². The van der Waals surface area contributed by atoms with E-state index in [9.17, 15) is 9.59 Å². The van der Waals surface area contributed by atoms with Gasteiger partial charge < -0.3 is 10.2 Å². The van der Waals surface area contributed by atoms with Crippen LogP contribution in [0.2, 0.25) is 5.02 Å². The average Bonchev–Trinajstić information content (AvgIpc) is 2.59. The number of nitrogens with zero attached hydrogens (tertiary/aromatic N) is 1. The molecule has 2 aromatic carbocycles. The zero-order valence-corrected chi connectivity index (χ0v) is 17.1. The topological polar surface area (TPSA) is 49.4 Å². The Labute approximate surface area is 166 Å². The van der Waals surface area contributed by atoms with E-state index in [0.717, 1.165) is 11.3 Å². The summed E-state index contributed by atoms with van der Waals surface area (Å²) in [6.07, 6.45) is 0.244. The summed E-state index contributed by atoms with van der Waals surface area (Å²) in [5.41, 5.74) is 3.03. The number of carbonyl (C=O) groups is 2. The van der Waals surface area contributed by atoms with Crippen LogP contribution in [0.5, 0.6) is 0 Å². The zero-order chi connectivity index (χ0) is 20.0. The Morgan fingerprint density at radius 1 is 1.00 bits per heavy atom. The molecule has 2 amide bonds. The lowest BCUT2D eigenvalue weighted by Crippen LogP contribution is -2.31. The van der Waals surface area contributed by atoms with Crippen LogP contribution in [0.4, 0.5) is 5.69 Å². The maximum Gasteiger partial charge on any atom is 0.226 e. The first-order valence-corrected chi connectivity index (χ1v) is 9.43. The minimum Gasteiger partial charge on any atom is -0.338 e. The Morgan fingerprint density at radius 3 is 2.11 bits per heavy atom. The predicted octanol–water partition coefficient (Wildman–Crippen LogP) is 5.01. The summed E-state index contributed by atoms with van der Waals surface area (Å²) < 4.78 is 0. The second-order valence-corrected chi connectivity index (χ2v) is 8.13. The minimum absolute atomic E-state index is 0.0627. The molecule has 2 rings (SSSR count). The maximum absolute atomic E-state index is 12.3. The van der Waals surface area contributed by atoms with E-state index in [1.54, 1.807) is 17.0 Å². The van der Waals surface area contributed by atoms with E-state index in [1.165, 1.54) is 12.5 Å². The second kappa shape index (κ2) is 9.05. The number of hydrogen-bond donors (Lipinski definition) is 1. The molecule has 0 atom stereocenters. The molecular formula is C22H27ClN2O2. The van der Waals surface area contributed by atoms with Crippen molar-refractivity contribution in [2.24, 2.45) is 0 Å². The van der Waals surface area contributed by atoms with E-state index >= 15 is 0 Å². The SMILES string of the molecule is CC(=O)N(CCC(=O)Nc1ccc(C(C)(C)C)cc1)Cc1ccc(Cl)cc1. The fourth-order valence-corrected chi connectivity index (χ4v) is 2.80. The van der Waals surface area contributed by atoms with Gasteiger partial charge in [-0.05, 0) is 40.8 Å². The summed E-state index contributed by atoms with van der Waals surface area (Å²) in [4.78, 5) is 25.8. The smallest absolute Gasteiger partial charge is 0.226 e. The molecule has 0 aliphatic carbocycles. The number of hydrogen-bond acceptors (Lipinski definition) is 2. The molecule has 0 fully saturated rings. The molecule has 0 aromatic heterocycles. The molecule has 27 heavy (non-hydrogen) atoms. The van der Waals surface area contributed by atoms with Gasteiger partial charge in [-0.2, -0.15) is 0 Å². The van der Waals surface area contributed by atoms with Gasteiger partial charge in [-0.25, -0.2) is 0 Å². The highest BCUT2D eigenvalue weighted by Gasteiger charge is 2.14. The van der Waals surface area contributed by atoms with Gasteiger partial charge in [0.25, 0.3) is 0 Å². The molecule has 0 spiro atoms. The molecule has 4 nitrogen and oxygen atoms in total. The molecule has 1 N–H and O–H groups in total. The van der Waals surface area contributed by atoms with Crippen molar-refractivity contribution in [3.8, 4) is 0 Å². The van der Waals surface area contributed by atoms with Gasteiger partial charge in [-0.1, -0.05) is 56.6 Å². The van der Waals surface area contributed by atoms with Crippen molar-refractivity contribution in [2.45, 2.75) is 46.1 Å². The Kier molecular flexibility index (Phi) is 7.03. The van der Waals surface area contributed by atoms with Crippen molar-refractivity contribution in [1.82, 2.24) is 4.90 Å². The fourth-order valence-electron chi connectivity index (χ4n) is 2.67. The largest absolute Gasteiger partial charge is 0.338 e. The molecular weight excluding hydrogens is 360 g/mol. The van der Waals surface area contributed by atoms with Crippen LogP contribution in [0.3, 0.4) is 0 Å². The van der Waals surface area contributed by atoms with Crippen LogP contribution in [0.15, 0.2) is 48.5 Å². The quantitative estimate of drug-likeness (QED) is 0.758. The van der Waals surface area contributed by atoms with Crippen molar-refractivity contribution >= 4 is 29.1 Å². The van der Waals surface area contributed by atoms with Gasteiger partial charge in [0.2, 0.25) is 11.8 Å². The summed E-state index contributed by atoms with van der Waals surface area (Å²) in [5, 5.41) is 3.55. The Bertz CT molecular complexity index is 777. The van der Waals surface area contributed by atoms with Crippen molar-refractivity contribution in [1.29, 1.82) is 0 Å². The number of anilines is 1. The van der Waals surface area contributed by atoms with Gasteiger partial charge in [0.05, 0.1) is 0 Å². The molecule has 0 radical (unpaired) electrons. The third kappa shape index (κ3) is 6.72. The normalized spacial score (nSPS) is 11.1. The van der Waals surface area contributed by atoms with E-state index in [-0.39, 0.29) is 23.7 Å². The predicted molar refractivity (Wildman–Crippen MR) is 111 cm³/mol. The molecule has 0 unspecified atom stereocenters. The van der Waals surface area contributed by atoms with Crippen LogP contribution in [-0.2, 0) is 21.5 Å². The Hall–Kier alpha value is -2.33. The van der Waals surface area contributed by atoms with Crippen molar-refractivity contribution in [3.63, 3.8) is 0 Å². The summed E-state index contributed by atoms with van der Waals surface area (Å²) >= 11 is 5.89. The monoisotopic (exact) mass is 386 g/mol. The molecule has 0 saturated heterocycles. The first-order chi connectivity index (χ1) is 12.6. The number of nitrogens with one attached hydrogen (secondary N) is 1. The number of amides is 2. The standard InChI is InChI=1S/C22H27ClN2O2/c1-16(26)25(15-17-5-9-19(23)10-6-17)14-13-21(27)24-20-11-7-18(8-12-20)22(2,3)4/h5-12H,13-15H2,1-4H3,(H,24,27). The van der Waals surface area contributed by atoms with Crippen molar-refractivity contribution < 1.29 is 9.59 Å². The molecule has 0 heterocycles. The van der Waals surface area contributed by atoms with Gasteiger partial charge in [0.15, 0.2) is 0 Å². The van der Waals surface area contributed by atoms with Gasteiger partial charge in [-0.15, -0.1) is 0 Å². The average molecular weight is 387 g/mol. The van der Waals surface area contributed by atoms with Gasteiger partial charge >= 0.3 is 0 Å². The van der Waals surface area contributed by atoms with E-state index in [1.807, 2.05) is 36.4 Å². The van der Waals surface area contributed by atoms with Crippen LogP contribution in [0.25, 0.3) is 0 Å². The first-order valence-electron chi connectivity index (χ1n) is 9.05. The first kappa shape index (κ1) is 21.0. The highest BCUT2D eigenvalue weighted by atomic mass is 35.5. The number of rotatable bonds is 6. The fraction of sp³-hybridized carbons (Fsp3) is 0.364. The number of halogens is 1. The summed E-state index contributed by atoms with van der Waals surface area (Å²) in [6.45, 7) is 8.79. The molecule has 5 heteroatoms. The van der Waals surface area contributed by atoms with Crippen LogP contribution in [0, 0.1) is 0 Å². The van der Waals surface area contributed by atoms with Gasteiger partial charge in [0, 0.05) is 37.1 Å². The Morgan fingerprint density at radius 2 is 1.59 bits per heavy atom. The van der Waals surface area contributed by atoms with Crippen LogP contribution < -0.4 is 5.32 Å². The molecule has 0 aliphatic heterocycles. The number of benzene rings is 2. The summed E-state index contributed by atoms with van der Waals surface area (Å²) in [6, 6.07) is 15.2. The van der Waals surface area contributed by atoms with E-state index in [2.05, 4.69) is 26.1 Å². The lowest BCUT2D eigenvalue weighted by atomic mass is 9.87. The van der Waals surface area contributed by atoms with Crippen LogP contribution >= 0.6 is 11.6 Å². The molecule has 2 aromatic rings. The van der Waals surface area contributed by atoms with Crippen LogP contribution in [-0.4, -0.2) is 23.3 Å². The number of carbonyl (C=O) groups excluding carboxylic acids is 2. The minimum atomic E-state index is -0.110. The summed E-state index contributed by atoms with van der Waals surface area (Å²) in [7, 11) is 0. The zero-order valence-electron chi connectivity index (χ0n) is 16.4. The second-order valence-electron chi connectivity index (χ2n) is 7.69. The molecule has 144 valence electrons. The van der Waals surface area contributed by atoms with Crippen LogP contribution in [0.1, 0.15) is 45.2 Å². The van der Waals surface area contributed by atoms with E-state index in [4.69, 9.17) is 11.6 Å². The Balaban J connectivity index is 1.90. The molecule has 0 aliphatic rings. The van der Waals surface area contributed by atoms with E-state index in [0.29, 0.717) is 18.1 Å². The summed E-state index contributed by atoms with van der Waals surface area (Å²) in [5.74, 6) is -0.173. The van der Waals surface area contributed by atoms with E-state index < -0.39 is 0 Å². The lowest BCUT2D eigenvalue weighted by Gasteiger charge is -2.21. The highest BCUT2D eigenvalue weighted by molar-refractivity contribution is 6.30. The van der Waals surface area contributed by atoms with Gasteiger partial charge in [-0.3, -0.25) is 9.59 Å².